The number of hydrogen-bond donors (Lipinski definition) is 0. The maximum atomic E-state index is 11.1. The molecule has 2 aromatic heterocycles. The first-order valence-corrected chi connectivity index (χ1v) is 5.42. The highest BCUT2D eigenvalue weighted by Crippen LogP contribution is 2.14. The molecule has 0 atom stereocenters. The van der Waals surface area contributed by atoms with Crippen LogP contribution in [0.4, 0.5) is 5.82 Å². The monoisotopic (exact) mass is 269 g/mol. The van der Waals surface area contributed by atoms with E-state index in [-0.39, 0.29) is 33.7 Å². The average molecular weight is 269 g/mol. The Labute approximate surface area is 104 Å². The summed E-state index contributed by atoms with van der Waals surface area (Å²) in [7, 11) is 1.43. The predicted molar refractivity (Wildman–Crippen MR) is 60.3 cm³/mol. The van der Waals surface area contributed by atoms with Crippen LogP contribution in [0.1, 0.15) is 17.6 Å². The largest absolute Gasteiger partial charge is 0.420 e. The third kappa shape index (κ3) is 1.93. The molecule has 2 heterocycles. The van der Waals surface area contributed by atoms with Gasteiger partial charge in [0, 0.05) is 6.92 Å². The molecule has 0 aromatic carbocycles. The number of imidazole rings is 1. The van der Waals surface area contributed by atoms with Crippen LogP contribution in [0.25, 0.3) is 0 Å². The number of nitrogens with zero attached hydrogens (tertiary/aromatic N) is 5. The summed E-state index contributed by atoms with van der Waals surface area (Å²) in [4.78, 5) is 14.0. The quantitative estimate of drug-likeness (QED) is 0.328. The van der Waals surface area contributed by atoms with Gasteiger partial charge in [-0.05, 0) is 4.92 Å². The van der Waals surface area contributed by atoms with Gasteiger partial charge in [0.15, 0.2) is 4.86 Å². The Bertz CT molecular complexity index is 669. The normalized spacial score (nSPS) is 10.3. The minimum Gasteiger partial charge on any atom is -0.420 e. The van der Waals surface area contributed by atoms with Crippen LogP contribution in [0, 0.1) is 17.0 Å². The molecule has 18 heavy (non-hydrogen) atoms. The maximum absolute atomic E-state index is 11.1. The highest BCUT2D eigenvalue weighted by atomic mass is 32.1. The van der Waals surface area contributed by atoms with Crippen LogP contribution in [0.5, 0.6) is 0 Å². The molecule has 0 spiro atoms. The van der Waals surface area contributed by atoms with Gasteiger partial charge in [-0.25, -0.2) is 13.8 Å². The van der Waals surface area contributed by atoms with Crippen molar-refractivity contribution in [1.29, 1.82) is 0 Å². The van der Waals surface area contributed by atoms with Crippen LogP contribution < -0.4 is 0 Å². The molecule has 94 valence electrons. The molecule has 0 N–H and O–H groups in total. The minimum absolute atomic E-state index is 0.00361. The molecule has 2 aromatic rings. The van der Waals surface area contributed by atoms with E-state index in [1.807, 2.05) is 0 Å². The second-order valence-corrected chi connectivity index (χ2v) is 3.87. The van der Waals surface area contributed by atoms with Crippen molar-refractivity contribution in [2.75, 3.05) is 0 Å². The second kappa shape index (κ2) is 4.49. The third-order valence-electron chi connectivity index (χ3n) is 2.16. The molecular weight excluding hydrogens is 262 g/mol. The van der Waals surface area contributed by atoms with Gasteiger partial charge in [0.2, 0.25) is 11.7 Å². The standard InChI is InChI=1S/C8H7N5O4S/c1-4-10-11-8(17-4)6(18-16)7-9-3-5(12(7)2)13(14)15/h3H,1-2H3. The summed E-state index contributed by atoms with van der Waals surface area (Å²) in [5.41, 5.74) is 0. The molecule has 0 fully saturated rings. The van der Waals surface area contributed by atoms with E-state index in [2.05, 4.69) is 15.2 Å². The topological polar surface area (TPSA) is 117 Å². The van der Waals surface area contributed by atoms with Gasteiger partial charge >= 0.3 is 5.82 Å². The first kappa shape index (κ1) is 12.1. The molecular formula is C8H7N5O4S. The van der Waals surface area contributed by atoms with Crippen LogP contribution in [-0.4, -0.2) is 33.7 Å². The summed E-state index contributed by atoms with van der Waals surface area (Å²) >= 11 is 0.0931. The van der Waals surface area contributed by atoms with E-state index in [0.29, 0.717) is 5.89 Å². The number of aryl methyl sites for hydroxylation is 1. The van der Waals surface area contributed by atoms with E-state index in [4.69, 9.17) is 4.42 Å². The van der Waals surface area contributed by atoms with Gasteiger partial charge in [-0.2, -0.15) is 0 Å². The number of aromatic nitrogens is 4. The highest BCUT2D eigenvalue weighted by molar-refractivity contribution is 7.67. The van der Waals surface area contributed by atoms with Gasteiger partial charge < -0.3 is 14.5 Å². The average Bonchev–Trinajstić information content (AvgIpc) is 2.88. The summed E-state index contributed by atoms with van der Waals surface area (Å²) in [5, 5.41) is 18.0. The fraction of sp³-hybridized carbons (Fsp3) is 0.250. The predicted octanol–water partition coefficient (Wildman–Crippen LogP) is -0.198. The van der Waals surface area contributed by atoms with Crippen LogP contribution in [0.3, 0.4) is 0 Å². The lowest BCUT2D eigenvalue weighted by molar-refractivity contribution is -0.391. The first-order valence-electron chi connectivity index (χ1n) is 4.68. The number of nitro groups is 1. The fourth-order valence-corrected chi connectivity index (χ4v) is 1.76. The Balaban J connectivity index is 2.54. The van der Waals surface area contributed by atoms with Gasteiger partial charge in [-0.1, -0.05) is 0 Å². The lowest BCUT2D eigenvalue weighted by Crippen LogP contribution is -2.11. The van der Waals surface area contributed by atoms with Crippen molar-refractivity contribution in [3.63, 3.8) is 0 Å². The molecule has 0 bridgehead atoms. The Kier molecular flexibility index (Phi) is 3.02. The molecule has 10 heteroatoms. The van der Waals surface area contributed by atoms with E-state index in [1.165, 1.54) is 11.6 Å². The van der Waals surface area contributed by atoms with Crippen molar-refractivity contribution in [3.8, 4) is 0 Å². The molecule has 9 nitrogen and oxygen atoms in total. The van der Waals surface area contributed by atoms with E-state index < -0.39 is 4.92 Å². The summed E-state index contributed by atoms with van der Waals surface area (Å²) in [6, 6.07) is 0. The van der Waals surface area contributed by atoms with E-state index >= 15 is 0 Å². The Morgan fingerprint density at radius 2 is 2.28 bits per heavy atom. The van der Waals surface area contributed by atoms with Crippen LogP contribution in [0.2, 0.25) is 0 Å². The van der Waals surface area contributed by atoms with Crippen molar-refractivity contribution < 1.29 is 13.5 Å². The molecule has 2 rings (SSSR count). The lowest BCUT2D eigenvalue weighted by Gasteiger charge is -1.96. The molecule has 0 saturated carbocycles. The SMILES string of the molecule is Cc1nnc(C(=S=O)c2ncc([N+](=O)[O-])n2C)o1. The fourth-order valence-electron chi connectivity index (χ4n) is 1.34. The molecule has 0 aliphatic carbocycles. The summed E-state index contributed by atoms with van der Waals surface area (Å²) in [6.07, 6.45) is 1.06. The molecule has 0 amide bonds. The van der Waals surface area contributed by atoms with Crippen LogP contribution in [0.15, 0.2) is 10.6 Å². The Morgan fingerprint density at radius 1 is 1.56 bits per heavy atom. The second-order valence-electron chi connectivity index (χ2n) is 3.29. The highest BCUT2D eigenvalue weighted by Gasteiger charge is 2.25. The molecule has 0 aliphatic rings. The van der Waals surface area contributed by atoms with Gasteiger partial charge in [-0.15, -0.1) is 10.2 Å². The number of hydrogen-bond acceptors (Lipinski definition) is 7. The van der Waals surface area contributed by atoms with Crippen LogP contribution >= 0.6 is 0 Å². The third-order valence-corrected chi connectivity index (χ3v) is 2.68. The van der Waals surface area contributed by atoms with Gasteiger partial charge in [0.05, 0.1) is 7.05 Å². The molecule has 0 radical (unpaired) electrons. The Morgan fingerprint density at radius 3 is 2.72 bits per heavy atom. The van der Waals surface area contributed by atoms with E-state index in [9.17, 15) is 14.3 Å². The summed E-state index contributed by atoms with van der Waals surface area (Å²) < 4.78 is 17.4. The molecule has 0 aliphatic heterocycles. The lowest BCUT2D eigenvalue weighted by atomic mass is 10.4. The van der Waals surface area contributed by atoms with Gasteiger partial charge in [0.25, 0.3) is 5.89 Å². The zero-order chi connectivity index (χ0) is 13.3. The number of rotatable bonds is 3. The smallest absolute Gasteiger partial charge is 0.342 e. The molecule has 0 saturated heterocycles. The van der Waals surface area contributed by atoms with E-state index in [1.54, 1.807) is 6.92 Å². The zero-order valence-electron chi connectivity index (χ0n) is 9.35. The zero-order valence-corrected chi connectivity index (χ0v) is 10.2. The summed E-state index contributed by atoms with van der Waals surface area (Å²) in [5.74, 6) is 0.175. The van der Waals surface area contributed by atoms with E-state index in [0.717, 1.165) is 6.20 Å². The van der Waals surface area contributed by atoms with Crippen molar-refractivity contribution >= 4 is 21.9 Å². The van der Waals surface area contributed by atoms with Crippen molar-refractivity contribution in [2.45, 2.75) is 6.92 Å². The van der Waals surface area contributed by atoms with Crippen molar-refractivity contribution in [3.05, 3.63) is 33.9 Å². The Hall–Kier alpha value is -2.36. The first-order chi connectivity index (χ1) is 8.54. The minimum atomic E-state index is -0.595. The molecule has 0 unspecified atom stereocenters. The van der Waals surface area contributed by atoms with Crippen LogP contribution in [-0.2, 0) is 18.3 Å². The maximum Gasteiger partial charge on any atom is 0.342 e. The van der Waals surface area contributed by atoms with Gasteiger partial charge in [-0.3, -0.25) is 0 Å². The van der Waals surface area contributed by atoms with Crippen molar-refractivity contribution in [1.82, 2.24) is 19.7 Å². The van der Waals surface area contributed by atoms with Crippen molar-refractivity contribution in [2.24, 2.45) is 7.05 Å². The van der Waals surface area contributed by atoms with Gasteiger partial charge in [0.1, 0.15) is 17.5 Å². The summed E-state index contributed by atoms with van der Waals surface area (Å²) in [6.45, 7) is 1.57.